The summed E-state index contributed by atoms with van der Waals surface area (Å²) >= 11 is 5.83. The first-order valence-electron chi connectivity index (χ1n) is 4.93. The largest absolute Gasteiger partial charge is 0.393 e. The smallest absolute Gasteiger partial charge is 0.267 e. The SMILES string of the molecule is CN/C=C(/C#N)C(=O)Nc1cc(Cl)ccc1C. The number of nitrogens with one attached hydrogen (secondary N) is 2. The topological polar surface area (TPSA) is 64.9 Å². The van der Waals surface area contributed by atoms with Gasteiger partial charge in [-0.1, -0.05) is 17.7 Å². The van der Waals surface area contributed by atoms with Gasteiger partial charge in [-0.05, 0) is 24.6 Å². The molecule has 0 aliphatic carbocycles. The molecule has 0 spiro atoms. The third-order valence-corrected chi connectivity index (χ3v) is 2.34. The summed E-state index contributed by atoms with van der Waals surface area (Å²) in [7, 11) is 1.62. The van der Waals surface area contributed by atoms with Gasteiger partial charge in [-0.25, -0.2) is 0 Å². The molecule has 0 aliphatic heterocycles. The predicted molar refractivity (Wildman–Crippen MR) is 67.6 cm³/mol. The van der Waals surface area contributed by atoms with Gasteiger partial charge in [-0.2, -0.15) is 5.26 Å². The molecule has 88 valence electrons. The van der Waals surface area contributed by atoms with Gasteiger partial charge in [0.1, 0.15) is 11.6 Å². The number of nitrogens with zero attached hydrogens (tertiary/aromatic N) is 1. The zero-order valence-corrected chi connectivity index (χ0v) is 10.3. The van der Waals surface area contributed by atoms with E-state index < -0.39 is 5.91 Å². The molecule has 0 bridgehead atoms. The second kappa shape index (κ2) is 5.92. The fraction of sp³-hybridized carbons (Fsp3) is 0.167. The van der Waals surface area contributed by atoms with Crippen molar-refractivity contribution in [3.05, 3.63) is 40.6 Å². The third-order valence-electron chi connectivity index (χ3n) is 2.10. The Morgan fingerprint density at radius 2 is 2.24 bits per heavy atom. The van der Waals surface area contributed by atoms with Gasteiger partial charge in [0, 0.05) is 24.0 Å². The number of aryl methyl sites for hydroxylation is 1. The highest BCUT2D eigenvalue weighted by Crippen LogP contribution is 2.20. The van der Waals surface area contributed by atoms with E-state index in [2.05, 4.69) is 10.6 Å². The van der Waals surface area contributed by atoms with Crippen molar-refractivity contribution in [2.75, 3.05) is 12.4 Å². The molecule has 0 aromatic heterocycles. The Balaban J connectivity index is 2.92. The fourth-order valence-electron chi connectivity index (χ4n) is 1.21. The highest BCUT2D eigenvalue weighted by atomic mass is 35.5. The number of amides is 1. The van der Waals surface area contributed by atoms with E-state index in [0.717, 1.165) is 5.56 Å². The Bertz CT molecular complexity index is 503. The zero-order valence-electron chi connectivity index (χ0n) is 9.54. The Labute approximate surface area is 105 Å². The minimum atomic E-state index is -0.466. The average Bonchev–Trinajstić information content (AvgIpc) is 2.30. The van der Waals surface area contributed by atoms with Crippen LogP contribution in [0.3, 0.4) is 0 Å². The van der Waals surface area contributed by atoms with Crippen LogP contribution in [0.5, 0.6) is 0 Å². The maximum Gasteiger partial charge on any atom is 0.267 e. The number of halogens is 1. The molecule has 1 amide bonds. The van der Waals surface area contributed by atoms with Crippen molar-refractivity contribution in [3.63, 3.8) is 0 Å². The molecule has 0 unspecified atom stereocenters. The first kappa shape index (κ1) is 13.1. The monoisotopic (exact) mass is 249 g/mol. The van der Waals surface area contributed by atoms with Crippen LogP contribution in [0.4, 0.5) is 5.69 Å². The lowest BCUT2D eigenvalue weighted by Crippen LogP contribution is -2.16. The summed E-state index contributed by atoms with van der Waals surface area (Å²) < 4.78 is 0. The van der Waals surface area contributed by atoms with Gasteiger partial charge in [-0.3, -0.25) is 4.79 Å². The number of carbonyl (C=O) groups is 1. The van der Waals surface area contributed by atoms with E-state index in [4.69, 9.17) is 16.9 Å². The maximum atomic E-state index is 11.7. The Kier molecular flexibility index (Phi) is 4.56. The van der Waals surface area contributed by atoms with E-state index in [1.165, 1.54) is 6.20 Å². The molecular formula is C12H12ClN3O. The highest BCUT2D eigenvalue weighted by Gasteiger charge is 2.10. The molecule has 1 rings (SSSR count). The van der Waals surface area contributed by atoms with Crippen LogP contribution in [0.15, 0.2) is 30.0 Å². The van der Waals surface area contributed by atoms with Crippen LogP contribution in [0.1, 0.15) is 5.56 Å². The number of nitriles is 1. The Morgan fingerprint density at radius 3 is 2.82 bits per heavy atom. The molecule has 1 aromatic rings. The predicted octanol–water partition coefficient (Wildman–Crippen LogP) is 2.21. The van der Waals surface area contributed by atoms with E-state index in [1.54, 1.807) is 25.2 Å². The molecule has 2 N–H and O–H groups in total. The summed E-state index contributed by atoms with van der Waals surface area (Å²) in [5.41, 5.74) is 1.48. The summed E-state index contributed by atoms with van der Waals surface area (Å²) in [6.45, 7) is 1.85. The van der Waals surface area contributed by atoms with Gasteiger partial charge in [0.2, 0.25) is 0 Å². The first-order valence-corrected chi connectivity index (χ1v) is 5.31. The minimum Gasteiger partial charge on any atom is -0.393 e. The van der Waals surface area contributed by atoms with E-state index in [9.17, 15) is 4.79 Å². The van der Waals surface area contributed by atoms with E-state index in [0.29, 0.717) is 10.7 Å². The van der Waals surface area contributed by atoms with Crippen molar-refractivity contribution in [3.8, 4) is 6.07 Å². The lowest BCUT2D eigenvalue weighted by molar-refractivity contribution is -0.112. The summed E-state index contributed by atoms with van der Waals surface area (Å²) in [4.78, 5) is 11.7. The van der Waals surface area contributed by atoms with E-state index in [1.807, 2.05) is 13.0 Å². The molecule has 5 heteroatoms. The van der Waals surface area contributed by atoms with Crippen molar-refractivity contribution < 1.29 is 4.79 Å². The van der Waals surface area contributed by atoms with Crippen molar-refractivity contribution >= 4 is 23.2 Å². The molecule has 0 fully saturated rings. The lowest BCUT2D eigenvalue weighted by atomic mass is 10.2. The van der Waals surface area contributed by atoms with E-state index in [-0.39, 0.29) is 5.57 Å². The van der Waals surface area contributed by atoms with Crippen LogP contribution in [-0.4, -0.2) is 13.0 Å². The Morgan fingerprint density at radius 1 is 1.53 bits per heavy atom. The third kappa shape index (κ3) is 3.51. The van der Waals surface area contributed by atoms with Crippen LogP contribution in [0.2, 0.25) is 5.02 Å². The number of carbonyl (C=O) groups excluding carboxylic acids is 1. The van der Waals surface area contributed by atoms with Gasteiger partial charge >= 0.3 is 0 Å². The number of rotatable bonds is 3. The van der Waals surface area contributed by atoms with Gasteiger partial charge in [-0.15, -0.1) is 0 Å². The first-order chi connectivity index (χ1) is 8.08. The second-order valence-corrected chi connectivity index (χ2v) is 3.81. The van der Waals surface area contributed by atoms with E-state index >= 15 is 0 Å². The number of hydrogen-bond acceptors (Lipinski definition) is 3. The minimum absolute atomic E-state index is 0.00637. The summed E-state index contributed by atoms with van der Waals surface area (Å²) in [6.07, 6.45) is 1.34. The molecule has 0 heterocycles. The summed E-state index contributed by atoms with van der Waals surface area (Å²) in [5, 5.41) is 14.6. The van der Waals surface area contributed by atoms with Gasteiger partial charge < -0.3 is 10.6 Å². The number of benzene rings is 1. The standard InChI is InChI=1S/C12H12ClN3O/c1-8-3-4-10(13)5-11(8)16-12(17)9(6-14)7-15-2/h3-5,7,15H,1-2H3,(H,16,17)/b9-7-. The fourth-order valence-corrected chi connectivity index (χ4v) is 1.38. The van der Waals surface area contributed by atoms with Gasteiger partial charge in [0.05, 0.1) is 0 Å². The van der Waals surface area contributed by atoms with Crippen LogP contribution in [0.25, 0.3) is 0 Å². The van der Waals surface area contributed by atoms with Crippen LogP contribution >= 0.6 is 11.6 Å². The number of hydrogen-bond donors (Lipinski definition) is 2. The molecule has 0 saturated carbocycles. The molecule has 1 aromatic carbocycles. The van der Waals surface area contributed by atoms with Crippen LogP contribution < -0.4 is 10.6 Å². The van der Waals surface area contributed by atoms with Crippen molar-refractivity contribution in [2.24, 2.45) is 0 Å². The average molecular weight is 250 g/mol. The molecule has 17 heavy (non-hydrogen) atoms. The van der Waals surface area contributed by atoms with Crippen molar-refractivity contribution in [1.29, 1.82) is 5.26 Å². The van der Waals surface area contributed by atoms with Gasteiger partial charge in [0.25, 0.3) is 5.91 Å². The Hall–Kier alpha value is -1.99. The van der Waals surface area contributed by atoms with Crippen molar-refractivity contribution in [2.45, 2.75) is 6.92 Å². The highest BCUT2D eigenvalue weighted by molar-refractivity contribution is 6.31. The maximum absolute atomic E-state index is 11.7. The van der Waals surface area contributed by atoms with Crippen molar-refractivity contribution in [1.82, 2.24) is 5.32 Å². The normalized spacial score (nSPS) is 10.6. The second-order valence-electron chi connectivity index (χ2n) is 3.37. The molecule has 0 aliphatic rings. The zero-order chi connectivity index (χ0) is 12.8. The molecule has 0 radical (unpaired) electrons. The summed E-state index contributed by atoms with van der Waals surface area (Å²) in [6, 6.07) is 6.99. The number of anilines is 1. The summed E-state index contributed by atoms with van der Waals surface area (Å²) in [5.74, 6) is -0.466. The lowest BCUT2D eigenvalue weighted by Gasteiger charge is -2.08. The quantitative estimate of drug-likeness (QED) is 0.638. The molecular weight excluding hydrogens is 238 g/mol. The molecule has 0 atom stereocenters. The van der Waals surface area contributed by atoms with Crippen LogP contribution in [-0.2, 0) is 4.79 Å². The van der Waals surface area contributed by atoms with Gasteiger partial charge in [0.15, 0.2) is 0 Å². The van der Waals surface area contributed by atoms with Crippen LogP contribution in [0, 0.1) is 18.3 Å². The molecule has 4 nitrogen and oxygen atoms in total. The molecule has 0 saturated heterocycles.